The summed E-state index contributed by atoms with van der Waals surface area (Å²) in [6.07, 6.45) is 2.16. The van der Waals surface area contributed by atoms with E-state index < -0.39 is 0 Å². The van der Waals surface area contributed by atoms with Crippen LogP contribution in [0.5, 0.6) is 0 Å². The number of likely N-dealkylation sites (tertiary alicyclic amines) is 1. The Bertz CT molecular complexity index is 1260. The quantitative estimate of drug-likeness (QED) is 0.484. The molecule has 9 nitrogen and oxygen atoms in total. The van der Waals surface area contributed by atoms with Crippen LogP contribution >= 0.6 is 0 Å². The molecule has 2 aromatic rings. The number of carbonyl (C=O) groups excluding carboxylic acids is 1. The van der Waals surface area contributed by atoms with Crippen LogP contribution in [-0.2, 0) is 4.74 Å². The molecule has 0 aliphatic carbocycles. The fourth-order valence-corrected chi connectivity index (χ4v) is 8.11. The van der Waals surface area contributed by atoms with E-state index in [-0.39, 0.29) is 63.0 Å². The fraction of sp³-hybridized carbons (Fsp3) is 0.581. The molecule has 6 heterocycles. The van der Waals surface area contributed by atoms with Gasteiger partial charge in [-0.15, -0.1) is 0 Å². The summed E-state index contributed by atoms with van der Waals surface area (Å²) < 4.78 is 5.19. The molecule has 0 saturated carbocycles. The minimum atomic E-state index is -0.163. The van der Waals surface area contributed by atoms with Crippen molar-refractivity contribution in [2.75, 3.05) is 92.7 Å². The van der Waals surface area contributed by atoms with E-state index in [0.29, 0.717) is 24.5 Å². The van der Waals surface area contributed by atoms with Crippen molar-refractivity contribution in [3.05, 3.63) is 47.5 Å². The second-order valence-electron chi connectivity index (χ2n) is 11.9. The van der Waals surface area contributed by atoms with Gasteiger partial charge in [0.15, 0.2) is 0 Å². The summed E-state index contributed by atoms with van der Waals surface area (Å²) in [5.41, 5.74) is 8.68. The van der Waals surface area contributed by atoms with Gasteiger partial charge in [-0.05, 0) is 49.6 Å². The van der Waals surface area contributed by atoms with Gasteiger partial charge in [0.05, 0.1) is 29.4 Å². The van der Waals surface area contributed by atoms with Crippen molar-refractivity contribution in [2.24, 2.45) is 0 Å². The van der Waals surface area contributed by atoms with E-state index in [0.717, 1.165) is 51.7 Å². The first-order valence-corrected chi connectivity index (χ1v) is 14.9. The number of benzene rings is 2. The Kier molecular flexibility index (Phi) is 9.50. The summed E-state index contributed by atoms with van der Waals surface area (Å²) in [6.45, 7) is 10.7. The van der Waals surface area contributed by atoms with Crippen LogP contribution in [0.1, 0.15) is 42.7 Å². The van der Waals surface area contributed by atoms with Crippen molar-refractivity contribution in [3.63, 3.8) is 0 Å². The summed E-state index contributed by atoms with van der Waals surface area (Å²) in [5, 5.41) is 3.55. The molecule has 6 aliphatic heterocycles. The SMILES string of the molecule is CCOC(=O)N1CC[C@H]2[C@@H](C1)c1cccc3c1N2CCN3C.CN1CCN2c3c(cccc31)[C@@H]1CNCC[C@@H]12.[K+].[OH-]. The van der Waals surface area contributed by atoms with Gasteiger partial charge in [-0.25, -0.2) is 4.79 Å². The third-order valence-corrected chi connectivity index (χ3v) is 9.99. The molecular weight excluding hydrogens is 543 g/mol. The average Bonchev–Trinajstić information content (AvgIpc) is 3.47. The molecule has 0 spiro atoms. The number of nitrogens with one attached hydrogen (secondary N) is 1. The Hall–Kier alpha value is -1.53. The number of amides is 1. The van der Waals surface area contributed by atoms with Gasteiger partial charge in [-0.1, -0.05) is 24.3 Å². The molecule has 0 unspecified atom stereocenters. The van der Waals surface area contributed by atoms with E-state index in [4.69, 9.17) is 4.74 Å². The van der Waals surface area contributed by atoms with E-state index in [2.05, 4.69) is 75.4 Å². The van der Waals surface area contributed by atoms with Gasteiger partial charge in [0, 0.05) is 83.8 Å². The Morgan fingerprint density at radius 1 is 0.854 bits per heavy atom. The summed E-state index contributed by atoms with van der Waals surface area (Å²) in [6, 6.07) is 14.7. The molecule has 4 atom stereocenters. The smallest absolute Gasteiger partial charge is 0.870 e. The molecule has 1 amide bonds. The number of hydrogen-bond donors (Lipinski definition) is 1. The van der Waals surface area contributed by atoms with Crippen molar-refractivity contribution >= 4 is 28.8 Å². The van der Waals surface area contributed by atoms with E-state index in [1.165, 1.54) is 47.8 Å². The largest absolute Gasteiger partial charge is 1.00 e. The minimum absolute atomic E-state index is 0. The number of para-hydroxylation sites is 2. The first-order valence-electron chi connectivity index (χ1n) is 14.9. The van der Waals surface area contributed by atoms with Crippen LogP contribution in [-0.4, -0.2) is 102 Å². The molecule has 0 radical (unpaired) electrons. The summed E-state index contributed by atoms with van der Waals surface area (Å²) in [7, 11) is 4.38. The minimum Gasteiger partial charge on any atom is -0.870 e. The molecule has 8 rings (SSSR count). The molecule has 216 valence electrons. The van der Waals surface area contributed by atoms with Gasteiger partial charge in [0.2, 0.25) is 0 Å². The number of anilines is 4. The van der Waals surface area contributed by atoms with Gasteiger partial charge in [-0.3, -0.25) is 0 Å². The number of piperidine rings is 2. The number of carbonyl (C=O) groups is 1. The topological polar surface area (TPSA) is 84.5 Å². The number of ether oxygens (including phenoxy) is 1. The Morgan fingerprint density at radius 3 is 2.05 bits per heavy atom. The van der Waals surface area contributed by atoms with Crippen LogP contribution in [0.2, 0.25) is 0 Å². The van der Waals surface area contributed by atoms with Crippen LogP contribution in [0, 0.1) is 0 Å². The second-order valence-corrected chi connectivity index (χ2v) is 11.9. The first kappa shape index (κ1) is 30.9. The zero-order valence-corrected chi connectivity index (χ0v) is 28.2. The van der Waals surface area contributed by atoms with Crippen molar-refractivity contribution in [2.45, 2.75) is 43.7 Å². The van der Waals surface area contributed by atoms with Crippen LogP contribution in [0.15, 0.2) is 36.4 Å². The van der Waals surface area contributed by atoms with Gasteiger partial charge in [-0.2, -0.15) is 0 Å². The summed E-state index contributed by atoms with van der Waals surface area (Å²) in [4.78, 5) is 23.9. The molecule has 2 N–H and O–H groups in total. The van der Waals surface area contributed by atoms with Crippen molar-refractivity contribution < 1.29 is 66.4 Å². The molecule has 2 saturated heterocycles. The van der Waals surface area contributed by atoms with E-state index in [1.54, 1.807) is 5.56 Å². The second kappa shape index (κ2) is 12.6. The van der Waals surface area contributed by atoms with Gasteiger partial charge in [0.25, 0.3) is 0 Å². The normalized spacial score (nSPS) is 26.4. The predicted molar refractivity (Wildman–Crippen MR) is 160 cm³/mol. The maximum absolute atomic E-state index is 12.1. The maximum atomic E-state index is 12.1. The van der Waals surface area contributed by atoms with Crippen molar-refractivity contribution in [1.29, 1.82) is 0 Å². The number of rotatable bonds is 1. The summed E-state index contributed by atoms with van der Waals surface area (Å²) >= 11 is 0. The number of hydrogen-bond acceptors (Lipinski definition) is 8. The Labute approximate surface area is 286 Å². The predicted octanol–water partition coefficient (Wildman–Crippen LogP) is 0.500. The number of fused-ring (bicyclic) bond motifs is 6. The van der Waals surface area contributed by atoms with Crippen LogP contribution in [0.3, 0.4) is 0 Å². The average molecular weight is 587 g/mol. The monoisotopic (exact) mass is 586 g/mol. The van der Waals surface area contributed by atoms with Crippen molar-refractivity contribution in [1.82, 2.24) is 10.2 Å². The molecular formula is C31H43KN6O3. The number of nitrogens with zero attached hydrogens (tertiary/aromatic N) is 5. The molecule has 0 aromatic heterocycles. The van der Waals surface area contributed by atoms with Crippen LogP contribution in [0.4, 0.5) is 27.5 Å². The maximum Gasteiger partial charge on any atom is 1.00 e. The Balaban J connectivity index is 0.000000161. The fourth-order valence-electron chi connectivity index (χ4n) is 8.11. The van der Waals surface area contributed by atoms with E-state index in [9.17, 15) is 4.79 Å². The standard InChI is InChI=1S/C17H23N3O2.C14H19N3.K.H2O/c1-3-22-17(21)19-8-7-14-13(11-19)12-5-4-6-15-16(12)20(14)10-9-18(15)2;1-16-7-8-17-12-5-6-15-9-11(12)10-3-2-4-13(16)14(10)17;;/h4-6,13-14H,3,7-11H2,1-2H3;2-4,11-12,15H,5-9H2,1H3;;1H2/q;;+1;/p-1/t13-,14-;11-,12-;;/m00../s1. The number of likely N-dealkylation sites (N-methyl/N-ethyl adjacent to an activating group) is 2. The Morgan fingerprint density at radius 2 is 1.44 bits per heavy atom. The summed E-state index contributed by atoms with van der Waals surface area (Å²) in [5.74, 6) is 1.13. The molecule has 10 heteroatoms. The third-order valence-electron chi connectivity index (χ3n) is 9.99. The van der Waals surface area contributed by atoms with E-state index >= 15 is 0 Å². The zero-order chi connectivity index (χ0) is 26.7. The van der Waals surface area contributed by atoms with Crippen LogP contribution in [0.25, 0.3) is 0 Å². The molecule has 6 aliphatic rings. The molecule has 2 fully saturated rings. The van der Waals surface area contributed by atoms with Gasteiger partial charge >= 0.3 is 57.5 Å². The molecule has 41 heavy (non-hydrogen) atoms. The molecule has 0 bridgehead atoms. The van der Waals surface area contributed by atoms with Gasteiger partial charge in [0.1, 0.15) is 0 Å². The van der Waals surface area contributed by atoms with Gasteiger partial charge < -0.3 is 40.0 Å². The third kappa shape index (κ3) is 5.17. The molecule has 2 aromatic carbocycles. The zero-order valence-electron chi connectivity index (χ0n) is 25.1. The van der Waals surface area contributed by atoms with Crippen LogP contribution < -0.4 is 76.3 Å². The van der Waals surface area contributed by atoms with Crippen molar-refractivity contribution in [3.8, 4) is 0 Å². The first-order chi connectivity index (χ1) is 19.1. The van der Waals surface area contributed by atoms with E-state index in [1.807, 2.05) is 11.8 Å².